The number of ether oxygens (including phenoxy) is 2. The highest BCUT2D eigenvalue weighted by Crippen LogP contribution is 2.32. The predicted molar refractivity (Wildman–Crippen MR) is 89.8 cm³/mol. The van der Waals surface area contributed by atoms with Crippen molar-refractivity contribution in [3.63, 3.8) is 0 Å². The molecule has 0 saturated heterocycles. The molecule has 0 saturated carbocycles. The topological polar surface area (TPSA) is 111 Å². The van der Waals surface area contributed by atoms with Gasteiger partial charge in [-0.1, -0.05) is 20.8 Å². The second-order valence-electron chi connectivity index (χ2n) is 6.85. The molecule has 0 spiro atoms. The molecule has 0 atom stereocenters. The second kappa shape index (κ2) is 7.30. The van der Waals surface area contributed by atoms with Gasteiger partial charge in [-0.3, -0.25) is 9.59 Å². The number of benzene rings is 1. The molecule has 0 fully saturated rings. The number of fused-ring (bicyclic) bond motifs is 1. The highest BCUT2D eigenvalue weighted by Gasteiger charge is 2.22. The monoisotopic (exact) mass is 370 g/mol. The van der Waals surface area contributed by atoms with Gasteiger partial charge < -0.3 is 14.8 Å². The van der Waals surface area contributed by atoms with Gasteiger partial charge >= 0.3 is 0 Å². The van der Waals surface area contributed by atoms with E-state index >= 15 is 0 Å². The zero-order chi connectivity index (χ0) is 18.7. The molecule has 0 aromatic heterocycles. The fraction of sp³-hybridized carbons (Fsp3) is 0.500. The Balaban J connectivity index is 1.96. The van der Waals surface area contributed by atoms with Crippen LogP contribution in [0, 0.1) is 5.41 Å². The van der Waals surface area contributed by atoms with Crippen molar-refractivity contribution in [2.24, 2.45) is 5.41 Å². The van der Waals surface area contributed by atoms with Gasteiger partial charge in [0.25, 0.3) is 15.9 Å². The van der Waals surface area contributed by atoms with Crippen LogP contribution in [0.1, 0.15) is 27.2 Å². The zero-order valence-corrected chi connectivity index (χ0v) is 15.2. The van der Waals surface area contributed by atoms with Gasteiger partial charge in [-0.15, -0.1) is 0 Å². The first-order valence-electron chi connectivity index (χ1n) is 7.79. The van der Waals surface area contributed by atoms with Gasteiger partial charge in [-0.05, 0) is 17.5 Å². The lowest BCUT2D eigenvalue weighted by molar-refractivity contribution is -0.126. The van der Waals surface area contributed by atoms with Gasteiger partial charge in [0.15, 0.2) is 11.5 Å². The minimum atomic E-state index is -4.06. The summed E-state index contributed by atoms with van der Waals surface area (Å²) < 4.78 is 37.1. The first-order valence-corrected chi connectivity index (χ1v) is 9.27. The summed E-state index contributed by atoms with van der Waals surface area (Å²) in [6.07, 6.45) is 0.231. The van der Waals surface area contributed by atoms with Crippen molar-refractivity contribution < 1.29 is 27.5 Å². The molecule has 2 rings (SSSR count). The van der Waals surface area contributed by atoms with Crippen molar-refractivity contribution >= 4 is 21.8 Å². The molecule has 1 aliphatic heterocycles. The Morgan fingerprint density at radius 1 is 1.08 bits per heavy atom. The Morgan fingerprint density at radius 2 is 1.72 bits per heavy atom. The number of carbonyl (C=O) groups excluding carboxylic acids is 2. The van der Waals surface area contributed by atoms with Crippen LogP contribution in [0.4, 0.5) is 0 Å². The Hall–Kier alpha value is -2.29. The van der Waals surface area contributed by atoms with E-state index in [2.05, 4.69) is 5.32 Å². The summed E-state index contributed by atoms with van der Waals surface area (Å²) >= 11 is 0. The average molecular weight is 370 g/mol. The van der Waals surface area contributed by atoms with Crippen LogP contribution in [0.2, 0.25) is 0 Å². The molecule has 1 aromatic carbocycles. The van der Waals surface area contributed by atoms with Crippen molar-refractivity contribution in [3.8, 4) is 11.5 Å². The van der Waals surface area contributed by atoms with E-state index in [0.29, 0.717) is 24.7 Å². The quantitative estimate of drug-likeness (QED) is 0.794. The Labute approximate surface area is 146 Å². The Kier molecular flexibility index (Phi) is 5.56. The molecule has 0 radical (unpaired) electrons. The number of rotatable bonds is 5. The molecular formula is C16H22N2O6S. The molecule has 1 aliphatic rings. The molecule has 25 heavy (non-hydrogen) atoms. The number of nitrogens with one attached hydrogen (secondary N) is 2. The van der Waals surface area contributed by atoms with Gasteiger partial charge in [0, 0.05) is 12.5 Å². The van der Waals surface area contributed by atoms with Crippen LogP contribution in [0.15, 0.2) is 23.1 Å². The molecule has 2 N–H and O–H groups in total. The molecule has 0 aliphatic carbocycles. The molecule has 9 heteroatoms. The van der Waals surface area contributed by atoms with Crippen molar-refractivity contribution in [1.82, 2.24) is 10.0 Å². The highest BCUT2D eigenvalue weighted by molar-refractivity contribution is 7.90. The van der Waals surface area contributed by atoms with Gasteiger partial charge in [-0.2, -0.15) is 0 Å². The highest BCUT2D eigenvalue weighted by atomic mass is 32.2. The summed E-state index contributed by atoms with van der Waals surface area (Å²) in [6.45, 7) is 5.96. The standard InChI is InChI=1S/C16H22N2O6S/c1-16(2,3)9-14(19)17-10-15(20)18-25(21,22)11-4-5-12-13(8-11)24-7-6-23-12/h4-5,8H,6-7,9-10H2,1-3H3,(H,17,19)(H,18,20). The predicted octanol–water partition coefficient (Wildman–Crippen LogP) is 0.815. The van der Waals surface area contributed by atoms with Gasteiger partial charge in [0.05, 0.1) is 11.4 Å². The largest absolute Gasteiger partial charge is 0.486 e. The van der Waals surface area contributed by atoms with Crippen LogP contribution in [0.25, 0.3) is 0 Å². The van der Waals surface area contributed by atoms with Gasteiger partial charge in [0.2, 0.25) is 5.91 Å². The smallest absolute Gasteiger partial charge is 0.264 e. The maximum atomic E-state index is 12.3. The minimum absolute atomic E-state index is 0.119. The second-order valence-corrected chi connectivity index (χ2v) is 8.53. The van der Waals surface area contributed by atoms with Crippen molar-refractivity contribution in [2.45, 2.75) is 32.1 Å². The van der Waals surface area contributed by atoms with E-state index in [9.17, 15) is 18.0 Å². The van der Waals surface area contributed by atoms with Crippen LogP contribution in [0.5, 0.6) is 11.5 Å². The van der Waals surface area contributed by atoms with E-state index in [1.54, 1.807) is 0 Å². The summed E-state index contributed by atoms with van der Waals surface area (Å²) in [4.78, 5) is 23.4. The van der Waals surface area contributed by atoms with E-state index in [1.807, 2.05) is 25.5 Å². The molecule has 1 aromatic rings. The maximum absolute atomic E-state index is 12.3. The average Bonchev–Trinajstić information content (AvgIpc) is 2.50. The molecule has 2 amide bonds. The van der Waals surface area contributed by atoms with Crippen LogP contribution in [-0.2, 0) is 19.6 Å². The number of carbonyl (C=O) groups is 2. The number of amides is 2. The van der Waals surface area contributed by atoms with Crippen molar-refractivity contribution in [3.05, 3.63) is 18.2 Å². The van der Waals surface area contributed by atoms with Crippen LogP contribution >= 0.6 is 0 Å². The molecule has 1 heterocycles. The summed E-state index contributed by atoms with van der Waals surface area (Å²) in [6, 6.07) is 4.09. The fourth-order valence-electron chi connectivity index (χ4n) is 2.16. The maximum Gasteiger partial charge on any atom is 0.264 e. The van der Waals surface area contributed by atoms with Crippen LogP contribution in [0.3, 0.4) is 0 Å². The van der Waals surface area contributed by atoms with E-state index in [0.717, 1.165) is 0 Å². The molecule has 138 valence electrons. The molecule has 0 unspecified atom stereocenters. The first-order chi connectivity index (χ1) is 11.6. The van der Waals surface area contributed by atoms with Crippen LogP contribution in [-0.4, -0.2) is 40.0 Å². The van der Waals surface area contributed by atoms with E-state index in [4.69, 9.17) is 9.47 Å². The van der Waals surface area contributed by atoms with Gasteiger partial charge in [-0.25, -0.2) is 13.1 Å². The summed E-state index contributed by atoms with van der Waals surface area (Å²) in [5.41, 5.74) is -0.224. The van der Waals surface area contributed by atoms with E-state index < -0.39 is 22.5 Å². The number of sulfonamides is 1. The fourth-order valence-corrected chi connectivity index (χ4v) is 3.16. The number of hydrogen-bond donors (Lipinski definition) is 2. The Morgan fingerprint density at radius 3 is 2.36 bits per heavy atom. The first kappa shape index (κ1) is 19.0. The minimum Gasteiger partial charge on any atom is -0.486 e. The third kappa shape index (κ3) is 5.63. The third-order valence-corrected chi connectivity index (χ3v) is 4.58. The zero-order valence-electron chi connectivity index (χ0n) is 14.4. The molecule has 0 bridgehead atoms. The van der Waals surface area contributed by atoms with Crippen molar-refractivity contribution in [2.75, 3.05) is 19.8 Å². The summed E-state index contributed by atoms with van der Waals surface area (Å²) in [5, 5.41) is 2.40. The normalized spacial score (nSPS) is 13.9. The number of hydrogen-bond acceptors (Lipinski definition) is 6. The van der Waals surface area contributed by atoms with E-state index in [-0.39, 0.29) is 22.6 Å². The van der Waals surface area contributed by atoms with Gasteiger partial charge in [0.1, 0.15) is 13.2 Å². The Bertz CT molecular complexity index is 767. The molecular weight excluding hydrogens is 348 g/mol. The SMILES string of the molecule is CC(C)(C)CC(=O)NCC(=O)NS(=O)(=O)c1ccc2c(c1)OCCO2. The van der Waals surface area contributed by atoms with Crippen LogP contribution < -0.4 is 19.5 Å². The lowest BCUT2D eigenvalue weighted by atomic mass is 9.92. The molecule has 8 nitrogen and oxygen atoms in total. The van der Waals surface area contributed by atoms with E-state index in [1.165, 1.54) is 18.2 Å². The lowest BCUT2D eigenvalue weighted by Gasteiger charge is -2.19. The summed E-state index contributed by atoms with van der Waals surface area (Å²) in [7, 11) is -4.06. The summed E-state index contributed by atoms with van der Waals surface area (Å²) in [5.74, 6) is -0.387. The third-order valence-electron chi connectivity index (χ3n) is 3.21. The lowest BCUT2D eigenvalue weighted by Crippen LogP contribution is -2.40. The van der Waals surface area contributed by atoms with Crippen molar-refractivity contribution in [1.29, 1.82) is 0 Å².